The van der Waals surface area contributed by atoms with Crippen LogP contribution in [0.3, 0.4) is 0 Å². The Kier molecular flexibility index (Phi) is 3.19. The summed E-state index contributed by atoms with van der Waals surface area (Å²) in [6.07, 6.45) is 4.75. The Hall–Kier alpha value is -1.23. The molecule has 0 saturated heterocycles. The lowest BCUT2D eigenvalue weighted by atomic mass is 10.8. The topological polar surface area (TPSA) is 51.8 Å². The minimum atomic E-state index is 1.35. The van der Waals surface area contributed by atoms with Crippen molar-refractivity contribution in [2.45, 2.75) is 0 Å². The second-order valence-electron chi connectivity index (χ2n) is 1.28. The molecule has 2 aromatic rings. The predicted octanol–water partition coefficient (Wildman–Crippen LogP) is 1.21. The number of rotatable bonds is 0. The Bertz CT molecular complexity index is 156. The van der Waals surface area contributed by atoms with Gasteiger partial charge in [-0.1, -0.05) is 9.64 Å². The maximum atomic E-state index is 4.33. The van der Waals surface area contributed by atoms with Gasteiger partial charge in [0.1, 0.15) is 6.26 Å². The van der Waals surface area contributed by atoms with Gasteiger partial charge in [0, 0.05) is 5.38 Å². The highest BCUT2D eigenvalue weighted by molar-refractivity contribution is 7.03. The van der Waals surface area contributed by atoms with Crippen molar-refractivity contribution in [1.29, 1.82) is 0 Å². The van der Waals surface area contributed by atoms with Crippen molar-refractivity contribution in [3.05, 3.63) is 30.1 Å². The quantitative estimate of drug-likeness (QED) is 0.573. The van der Waals surface area contributed by atoms with E-state index in [2.05, 4.69) is 19.3 Å². The van der Waals surface area contributed by atoms with E-state index in [4.69, 9.17) is 0 Å². The molecular weight excluding hydrogens is 150 g/mol. The Morgan fingerprint density at radius 2 is 2.30 bits per heavy atom. The zero-order valence-corrected chi connectivity index (χ0v) is 5.86. The van der Waals surface area contributed by atoms with Crippen molar-refractivity contribution in [3.8, 4) is 0 Å². The van der Waals surface area contributed by atoms with E-state index in [1.165, 1.54) is 17.8 Å². The van der Waals surface area contributed by atoms with Gasteiger partial charge in [0.05, 0.1) is 12.4 Å². The molecule has 5 heteroatoms. The molecule has 0 N–H and O–H groups in total. The van der Waals surface area contributed by atoms with Gasteiger partial charge in [-0.05, 0) is 17.6 Å². The first kappa shape index (κ1) is 6.88. The van der Waals surface area contributed by atoms with Crippen molar-refractivity contribution in [1.82, 2.24) is 14.7 Å². The highest BCUT2D eigenvalue weighted by Crippen LogP contribution is 1.78. The molecule has 0 aliphatic rings. The second-order valence-corrected chi connectivity index (χ2v) is 1.92. The summed E-state index contributed by atoms with van der Waals surface area (Å²) in [6.45, 7) is 0. The van der Waals surface area contributed by atoms with Crippen LogP contribution < -0.4 is 0 Å². The van der Waals surface area contributed by atoms with Crippen LogP contribution >= 0.6 is 11.5 Å². The Labute approximate surface area is 61.6 Å². The maximum absolute atomic E-state index is 4.33. The molecule has 0 aliphatic heterocycles. The summed E-state index contributed by atoms with van der Waals surface area (Å²) >= 11 is 1.35. The third-order valence-corrected chi connectivity index (χ3v) is 1.06. The molecule has 2 rings (SSSR count). The van der Waals surface area contributed by atoms with E-state index in [9.17, 15) is 0 Å². The molecule has 10 heavy (non-hydrogen) atoms. The Morgan fingerprint density at radius 3 is 2.50 bits per heavy atom. The molecule has 0 bridgehead atoms. The Morgan fingerprint density at radius 1 is 1.30 bits per heavy atom. The highest BCUT2D eigenvalue weighted by Gasteiger charge is 1.61. The average Bonchev–Trinajstić information content (AvgIpc) is 2.67. The lowest BCUT2D eigenvalue weighted by molar-refractivity contribution is 0.420. The molecule has 4 nitrogen and oxygen atoms in total. The molecule has 2 aromatic heterocycles. The molecule has 0 radical (unpaired) electrons. The molecule has 0 atom stereocenters. The summed E-state index contributed by atoms with van der Waals surface area (Å²) in [5, 5.41) is 8.66. The minimum absolute atomic E-state index is 1.35. The van der Waals surface area contributed by atoms with Gasteiger partial charge >= 0.3 is 0 Å². The number of hydrogen-bond acceptors (Lipinski definition) is 5. The Balaban J connectivity index is 0.0000001000. The zero-order chi connectivity index (χ0) is 7.07. The van der Waals surface area contributed by atoms with E-state index in [0.29, 0.717) is 0 Å². The SMILES string of the molecule is c1cnoc1.c1csnn1. The van der Waals surface area contributed by atoms with Crippen molar-refractivity contribution < 1.29 is 4.52 Å². The third kappa shape index (κ3) is 2.93. The fourth-order valence-electron chi connectivity index (χ4n) is 0.312. The summed E-state index contributed by atoms with van der Waals surface area (Å²) in [7, 11) is 0. The monoisotopic (exact) mass is 155 g/mol. The average molecular weight is 155 g/mol. The van der Waals surface area contributed by atoms with Crippen LogP contribution in [0, 0.1) is 0 Å². The van der Waals surface area contributed by atoms with Gasteiger partial charge in [-0.15, -0.1) is 5.10 Å². The van der Waals surface area contributed by atoms with Crippen LogP contribution in [0.5, 0.6) is 0 Å². The van der Waals surface area contributed by atoms with Crippen molar-refractivity contribution in [3.63, 3.8) is 0 Å². The first-order valence-electron chi connectivity index (χ1n) is 2.55. The predicted molar refractivity (Wildman–Crippen MR) is 36.4 cm³/mol. The first-order valence-corrected chi connectivity index (χ1v) is 3.39. The van der Waals surface area contributed by atoms with Gasteiger partial charge in [-0.2, -0.15) is 0 Å². The van der Waals surface area contributed by atoms with Crippen molar-refractivity contribution in [2.24, 2.45) is 0 Å². The smallest absolute Gasteiger partial charge is 0.123 e. The lowest BCUT2D eigenvalue weighted by Crippen LogP contribution is -1.51. The molecular formula is C5H5N3OS. The van der Waals surface area contributed by atoms with Gasteiger partial charge < -0.3 is 4.52 Å². The van der Waals surface area contributed by atoms with Gasteiger partial charge in [0.25, 0.3) is 0 Å². The highest BCUT2D eigenvalue weighted by atomic mass is 32.1. The first-order chi connectivity index (χ1) is 5.00. The van der Waals surface area contributed by atoms with E-state index in [-0.39, 0.29) is 0 Å². The summed E-state index contributed by atoms with van der Waals surface area (Å²) in [5.41, 5.74) is 0. The number of hydrogen-bond donors (Lipinski definition) is 0. The summed E-state index contributed by atoms with van der Waals surface area (Å²) < 4.78 is 7.85. The molecule has 0 unspecified atom stereocenters. The second kappa shape index (κ2) is 4.63. The standard InChI is InChI=1S/C3H3NO.C2H2N2S/c1-2-4-5-3-1;1-2-5-4-3-1/h1-3H;1-2H. The van der Waals surface area contributed by atoms with E-state index in [1.807, 2.05) is 5.38 Å². The molecule has 0 amide bonds. The van der Waals surface area contributed by atoms with Crippen LogP contribution in [0.25, 0.3) is 0 Å². The van der Waals surface area contributed by atoms with E-state index < -0.39 is 0 Å². The van der Waals surface area contributed by atoms with Crippen LogP contribution in [0.4, 0.5) is 0 Å². The van der Waals surface area contributed by atoms with E-state index >= 15 is 0 Å². The van der Waals surface area contributed by atoms with Crippen LogP contribution in [0.2, 0.25) is 0 Å². The minimum Gasteiger partial charge on any atom is -0.365 e. The summed E-state index contributed by atoms with van der Waals surface area (Å²) in [4.78, 5) is 0. The molecule has 0 fully saturated rings. The molecule has 0 saturated carbocycles. The van der Waals surface area contributed by atoms with Gasteiger partial charge in [-0.3, -0.25) is 0 Å². The van der Waals surface area contributed by atoms with Crippen molar-refractivity contribution >= 4 is 11.5 Å². The van der Waals surface area contributed by atoms with Gasteiger partial charge in [0.15, 0.2) is 0 Å². The number of nitrogens with zero attached hydrogens (tertiary/aromatic N) is 3. The molecule has 0 aliphatic carbocycles. The normalized spacial score (nSPS) is 8.00. The van der Waals surface area contributed by atoms with E-state index in [1.54, 1.807) is 18.5 Å². The molecule has 52 valence electrons. The lowest BCUT2D eigenvalue weighted by Gasteiger charge is -1.48. The van der Waals surface area contributed by atoms with Crippen LogP contribution in [-0.4, -0.2) is 14.7 Å². The fourth-order valence-corrected chi connectivity index (χ4v) is 0.584. The molecule has 0 spiro atoms. The molecule has 0 aromatic carbocycles. The van der Waals surface area contributed by atoms with E-state index in [0.717, 1.165) is 0 Å². The maximum Gasteiger partial charge on any atom is 0.123 e. The number of aromatic nitrogens is 3. The largest absolute Gasteiger partial charge is 0.365 e. The van der Waals surface area contributed by atoms with Crippen molar-refractivity contribution in [2.75, 3.05) is 0 Å². The zero-order valence-electron chi connectivity index (χ0n) is 5.04. The van der Waals surface area contributed by atoms with Gasteiger partial charge in [-0.25, -0.2) is 0 Å². The summed E-state index contributed by atoms with van der Waals surface area (Å²) in [6, 6.07) is 1.72. The molecule has 2 heterocycles. The summed E-state index contributed by atoms with van der Waals surface area (Å²) in [5.74, 6) is 0. The fraction of sp³-hybridized carbons (Fsp3) is 0. The third-order valence-electron chi connectivity index (χ3n) is 0.630. The van der Waals surface area contributed by atoms with Crippen LogP contribution in [0.15, 0.2) is 34.6 Å². The van der Waals surface area contributed by atoms with Crippen LogP contribution in [0.1, 0.15) is 0 Å². The van der Waals surface area contributed by atoms with Crippen LogP contribution in [-0.2, 0) is 0 Å². The van der Waals surface area contributed by atoms with Gasteiger partial charge in [0.2, 0.25) is 0 Å².